The molecule has 0 aromatic heterocycles. The van der Waals surface area contributed by atoms with Crippen molar-refractivity contribution in [3.8, 4) is 0 Å². The third-order valence-electron chi connectivity index (χ3n) is 2.10. The molecule has 0 bridgehead atoms. The first-order chi connectivity index (χ1) is 5.22. The summed E-state index contributed by atoms with van der Waals surface area (Å²) in [6, 6.07) is 1.23. The largest absolute Gasteiger partial charge is 0.315 e. The highest BCUT2D eigenvalue weighted by atomic mass is 32.1. The molecule has 66 valence electrons. The predicted octanol–water partition coefficient (Wildman–Crippen LogP) is 1.77. The molecule has 2 unspecified atom stereocenters. The van der Waals surface area contributed by atoms with Gasteiger partial charge < -0.3 is 9.50 Å². The lowest BCUT2D eigenvalue weighted by Gasteiger charge is -2.15. The summed E-state index contributed by atoms with van der Waals surface area (Å²) in [4.78, 5) is 0. The van der Waals surface area contributed by atoms with Gasteiger partial charge in [-0.2, -0.15) is 0 Å². The van der Waals surface area contributed by atoms with Crippen molar-refractivity contribution in [1.82, 2.24) is 5.32 Å². The first-order valence-corrected chi connectivity index (χ1v) is 4.65. The summed E-state index contributed by atoms with van der Waals surface area (Å²) in [5.74, 6) is 0. The van der Waals surface area contributed by atoms with Gasteiger partial charge in [-0.05, 0) is 32.2 Å². The minimum atomic E-state index is 0.370. The summed E-state index contributed by atoms with van der Waals surface area (Å²) in [7, 11) is 0. The molecule has 1 aliphatic rings. The van der Waals surface area contributed by atoms with Crippen LogP contribution < -0.4 is 5.32 Å². The smallest absolute Gasteiger partial charge is 0.0734 e. The number of nitrogens with one attached hydrogen (secondary N) is 1. The van der Waals surface area contributed by atoms with Crippen molar-refractivity contribution in [1.29, 1.82) is 0 Å². The van der Waals surface area contributed by atoms with Crippen LogP contribution in [0.3, 0.4) is 0 Å². The molecule has 0 amide bonds. The average molecular weight is 175 g/mol. The lowest BCUT2D eigenvalue weighted by molar-refractivity contribution is 0.250. The topological polar surface area (TPSA) is 21.3 Å². The monoisotopic (exact) mass is 175 g/mol. The van der Waals surface area contributed by atoms with E-state index in [2.05, 4.69) is 32.1 Å². The van der Waals surface area contributed by atoms with Crippen LogP contribution in [0.1, 0.15) is 33.1 Å². The lowest BCUT2D eigenvalue weighted by atomic mass is 10.2. The number of thiol groups is 1. The fourth-order valence-electron chi connectivity index (χ4n) is 1.66. The highest BCUT2D eigenvalue weighted by Gasteiger charge is 2.24. The van der Waals surface area contributed by atoms with Gasteiger partial charge in [0.25, 0.3) is 0 Å². The van der Waals surface area contributed by atoms with Crippen LogP contribution in [0, 0.1) is 0 Å². The molecule has 0 aromatic rings. The van der Waals surface area contributed by atoms with E-state index < -0.39 is 0 Å². The SMILES string of the molecule is CC(C)NC1CCC(OS)C1. The Morgan fingerprint density at radius 3 is 2.64 bits per heavy atom. The average Bonchev–Trinajstić information content (AvgIpc) is 2.34. The fraction of sp³-hybridized carbons (Fsp3) is 1.00. The maximum absolute atomic E-state index is 4.98. The number of hydrogen-bond donors (Lipinski definition) is 2. The van der Waals surface area contributed by atoms with Crippen molar-refractivity contribution in [3.05, 3.63) is 0 Å². The second-order valence-corrected chi connectivity index (χ2v) is 3.77. The Bertz CT molecular complexity index is 119. The Balaban J connectivity index is 2.19. The molecule has 1 fully saturated rings. The summed E-state index contributed by atoms with van der Waals surface area (Å²) < 4.78 is 4.98. The van der Waals surface area contributed by atoms with E-state index in [0.29, 0.717) is 18.2 Å². The Labute approximate surface area is 74.3 Å². The van der Waals surface area contributed by atoms with Crippen LogP contribution in [0.2, 0.25) is 0 Å². The summed E-state index contributed by atoms with van der Waals surface area (Å²) in [5, 5.41) is 3.49. The molecule has 3 heteroatoms. The maximum atomic E-state index is 4.98. The molecule has 1 aliphatic carbocycles. The maximum Gasteiger partial charge on any atom is 0.0734 e. The molecule has 1 rings (SSSR count). The molecule has 0 saturated heterocycles. The van der Waals surface area contributed by atoms with Crippen LogP contribution in [-0.4, -0.2) is 18.2 Å². The third-order valence-corrected chi connectivity index (χ3v) is 2.40. The van der Waals surface area contributed by atoms with Crippen molar-refractivity contribution in [2.75, 3.05) is 0 Å². The molecule has 1 saturated carbocycles. The molecular formula is C8H17NOS. The molecule has 0 heterocycles. The Kier molecular flexibility index (Phi) is 3.69. The zero-order chi connectivity index (χ0) is 8.27. The molecule has 1 N–H and O–H groups in total. The Hall–Kier alpha value is 0.270. The van der Waals surface area contributed by atoms with Gasteiger partial charge in [-0.3, -0.25) is 0 Å². The lowest BCUT2D eigenvalue weighted by Crippen LogP contribution is -2.33. The van der Waals surface area contributed by atoms with Crippen molar-refractivity contribution < 1.29 is 4.18 Å². The van der Waals surface area contributed by atoms with E-state index in [1.54, 1.807) is 0 Å². The van der Waals surface area contributed by atoms with Crippen LogP contribution >= 0.6 is 12.9 Å². The van der Waals surface area contributed by atoms with E-state index in [9.17, 15) is 0 Å². The van der Waals surface area contributed by atoms with E-state index in [-0.39, 0.29) is 0 Å². The molecular weight excluding hydrogens is 158 g/mol. The first kappa shape index (κ1) is 9.36. The molecule has 0 radical (unpaired) electrons. The van der Waals surface area contributed by atoms with Gasteiger partial charge in [0.15, 0.2) is 0 Å². The van der Waals surface area contributed by atoms with Crippen LogP contribution in [-0.2, 0) is 4.18 Å². The summed E-state index contributed by atoms with van der Waals surface area (Å²) in [6.07, 6.45) is 3.86. The summed E-state index contributed by atoms with van der Waals surface area (Å²) in [5.41, 5.74) is 0. The van der Waals surface area contributed by atoms with Crippen molar-refractivity contribution in [2.24, 2.45) is 0 Å². The van der Waals surface area contributed by atoms with Gasteiger partial charge in [0, 0.05) is 12.1 Å². The van der Waals surface area contributed by atoms with Crippen LogP contribution in [0.4, 0.5) is 0 Å². The van der Waals surface area contributed by atoms with Crippen LogP contribution in [0.15, 0.2) is 0 Å². The molecule has 11 heavy (non-hydrogen) atoms. The second-order valence-electron chi connectivity index (χ2n) is 3.56. The quantitative estimate of drug-likeness (QED) is 0.504. The normalized spacial score (nSPS) is 31.6. The van der Waals surface area contributed by atoms with Gasteiger partial charge in [-0.25, -0.2) is 0 Å². The van der Waals surface area contributed by atoms with E-state index in [0.717, 1.165) is 12.8 Å². The Morgan fingerprint density at radius 2 is 2.18 bits per heavy atom. The van der Waals surface area contributed by atoms with Gasteiger partial charge in [-0.1, -0.05) is 13.8 Å². The van der Waals surface area contributed by atoms with E-state index in [1.807, 2.05) is 0 Å². The van der Waals surface area contributed by atoms with Gasteiger partial charge >= 0.3 is 0 Å². The van der Waals surface area contributed by atoms with Gasteiger partial charge in [0.1, 0.15) is 0 Å². The van der Waals surface area contributed by atoms with Gasteiger partial charge in [0.05, 0.1) is 6.10 Å². The van der Waals surface area contributed by atoms with Crippen LogP contribution in [0.25, 0.3) is 0 Å². The van der Waals surface area contributed by atoms with Gasteiger partial charge in [0.2, 0.25) is 0 Å². The second kappa shape index (κ2) is 4.33. The highest BCUT2D eigenvalue weighted by molar-refractivity contribution is 7.75. The zero-order valence-electron chi connectivity index (χ0n) is 7.21. The Morgan fingerprint density at radius 1 is 1.45 bits per heavy atom. The standard InChI is InChI=1S/C8H17NOS/c1-6(2)9-7-3-4-8(5-7)10-11/h6-9,11H,3-5H2,1-2H3. The van der Waals surface area contributed by atoms with Crippen molar-refractivity contribution >= 4 is 12.9 Å². The minimum Gasteiger partial charge on any atom is -0.315 e. The van der Waals surface area contributed by atoms with Gasteiger partial charge in [-0.15, -0.1) is 0 Å². The highest BCUT2D eigenvalue weighted by Crippen LogP contribution is 2.22. The van der Waals surface area contributed by atoms with Crippen molar-refractivity contribution in [2.45, 2.75) is 51.3 Å². The van der Waals surface area contributed by atoms with Crippen molar-refractivity contribution in [3.63, 3.8) is 0 Å². The summed E-state index contributed by atoms with van der Waals surface area (Å²) in [6.45, 7) is 4.35. The molecule has 0 aliphatic heterocycles. The van der Waals surface area contributed by atoms with E-state index in [4.69, 9.17) is 4.18 Å². The predicted molar refractivity (Wildman–Crippen MR) is 49.8 cm³/mol. The molecule has 0 aromatic carbocycles. The zero-order valence-corrected chi connectivity index (χ0v) is 8.10. The van der Waals surface area contributed by atoms with E-state index >= 15 is 0 Å². The molecule has 2 nitrogen and oxygen atoms in total. The number of rotatable bonds is 3. The number of hydrogen-bond acceptors (Lipinski definition) is 3. The first-order valence-electron chi connectivity index (χ1n) is 4.28. The van der Waals surface area contributed by atoms with Crippen LogP contribution in [0.5, 0.6) is 0 Å². The molecule has 0 spiro atoms. The fourth-order valence-corrected chi connectivity index (χ4v) is 1.85. The summed E-state index contributed by atoms with van der Waals surface area (Å²) >= 11 is 3.82. The minimum absolute atomic E-state index is 0.370. The molecule has 2 atom stereocenters. The van der Waals surface area contributed by atoms with E-state index in [1.165, 1.54) is 6.42 Å². The third kappa shape index (κ3) is 3.01.